The number of amides is 2. The molecule has 1 saturated heterocycles. The highest BCUT2D eigenvalue weighted by Gasteiger charge is 2.34. The third-order valence-corrected chi connectivity index (χ3v) is 5.67. The lowest BCUT2D eigenvalue weighted by molar-refractivity contribution is -0.136. The number of nitrogens with one attached hydrogen (secondary N) is 2. The average molecular weight is 368 g/mol. The largest absolute Gasteiger partial charge is 0.330 e. The third kappa shape index (κ3) is 3.22. The highest BCUT2D eigenvalue weighted by Crippen LogP contribution is 2.23. The van der Waals surface area contributed by atoms with Crippen molar-refractivity contribution in [3.05, 3.63) is 46.3 Å². The number of aromatic amines is 1. The average Bonchev–Trinajstić information content (AvgIpc) is 3.36. The molecular weight excluding hydrogens is 348 g/mol. The molecule has 26 heavy (non-hydrogen) atoms. The molecule has 1 aliphatic rings. The molecule has 2 N–H and O–H groups in total. The number of aryl methyl sites for hydroxylation is 1. The Kier molecular flexibility index (Phi) is 4.46. The minimum Gasteiger partial charge on any atom is -0.330 e. The highest BCUT2D eigenvalue weighted by molar-refractivity contribution is 7.10. The predicted octanol–water partition coefficient (Wildman–Crippen LogP) is 3.11. The lowest BCUT2D eigenvalue weighted by atomic mass is 10.1. The second kappa shape index (κ2) is 6.92. The molecule has 0 bridgehead atoms. The molecule has 2 aromatic heterocycles. The predicted molar refractivity (Wildman–Crippen MR) is 102 cm³/mol. The van der Waals surface area contributed by atoms with Crippen LogP contribution in [0.3, 0.4) is 0 Å². The Bertz CT molecular complexity index is 948. The maximum absolute atomic E-state index is 12.7. The standard InChI is InChI=1S/C19H20N4O2S/c1-12-15-7-6-13(10-16(15)22-21-12)20-19(25)17-5-2-8-23(17)18(24)11-14-4-3-9-26-14/h3-4,6-7,9-10,17H,2,5,8,11H2,1H3,(H,20,25)(H,21,22). The molecular formula is C19H20N4O2S. The van der Waals surface area contributed by atoms with Crippen LogP contribution < -0.4 is 5.32 Å². The van der Waals surface area contributed by atoms with Gasteiger partial charge >= 0.3 is 0 Å². The molecule has 0 aliphatic carbocycles. The summed E-state index contributed by atoms with van der Waals surface area (Å²) in [4.78, 5) is 28.1. The number of carbonyl (C=O) groups excluding carboxylic acids is 2. The first-order valence-electron chi connectivity index (χ1n) is 8.69. The lowest BCUT2D eigenvalue weighted by Gasteiger charge is -2.24. The van der Waals surface area contributed by atoms with Crippen molar-refractivity contribution in [3.8, 4) is 0 Å². The first-order valence-corrected chi connectivity index (χ1v) is 9.57. The topological polar surface area (TPSA) is 78.1 Å². The third-order valence-electron chi connectivity index (χ3n) is 4.79. The molecule has 1 aliphatic heterocycles. The Morgan fingerprint density at radius 1 is 1.38 bits per heavy atom. The van der Waals surface area contributed by atoms with Gasteiger partial charge in [0.15, 0.2) is 0 Å². The van der Waals surface area contributed by atoms with E-state index < -0.39 is 6.04 Å². The Morgan fingerprint density at radius 3 is 3.08 bits per heavy atom. The molecule has 6 nitrogen and oxygen atoms in total. The number of hydrogen-bond donors (Lipinski definition) is 2. The van der Waals surface area contributed by atoms with Crippen molar-refractivity contribution in [3.63, 3.8) is 0 Å². The number of hydrogen-bond acceptors (Lipinski definition) is 4. The van der Waals surface area contributed by atoms with Gasteiger partial charge in [-0.1, -0.05) is 6.07 Å². The van der Waals surface area contributed by atoms with Crippen molar-refractivity contribution < 1.29 is 9.59 Å². The first-order chi connectivity index (χ1) is 12.6. The number of aromatic nitrogens is 2. The minimum atomic E-state index is -0.404. The fourth-order valence-electron chi connectivity index (χ4n) is 3.45. The second-order valence-electron chi connectivity index (χ2n) is 6.57. The summed E-state index contributed by atoms with van der Waals surface area (Å²) in [6.07, 6.45) is 1.91. The van der Waals surface area contributed by atoms with E-state index in [0.717, 1.165) is 27.9 Å². The zero-order valence-corrected chi connectivity index (χ0v) is 15.3. The number of nitrogens with zero attached hydrogens (tertiary/aromatic N) is 2. The molecule has 1 atom stereocenters. The van der Waals surface area contributed by atoms with Gasteiger partial charge in [-0.05, 0) is 49.4 Å². The Morgan fingerprint density at radius 2 is 2.27 bits per heavy atom. The van der Waals surface area contributed by atoms with E-state index in [0.29, 0.717) is 25.1 Å². The van der Waals surface area contributed by atoms with Crippen LogP contribution in [0.15, 0.2) is 35.7 Å². The molecule has 1 aromatic carbocycles. The molecule has 4 rings (SSSR count). The lowest BCUT2D eigenvalue weighted by Crippen LogP contribution is -2.43. The van der Waals surface area contributed by atoms with E-state index >= 15 is 0 Å². The zero-order chi connectivity index (χ0) is 18.1. The van der Waals surface area contributed by atoms with Gasteiger partial charge in [0.25, 0.3) is 0 Å². The summed E-state index contributed by atoms with van der Waals surface area (Å²) in [5.41, 5.74) is 2.52. The molecule has 0 spiro atoms. The van der Waals surface area contributed by atoms with Crippen LogP contribution in [0.1, 0.15) is 23.4 Å². The number of thiophene rings is 1. The second-order valence-corrected chi connectivity index (χ2v) is 7.60. The number of likely N-dealkylation sites (tertiary alicyclic amines) is 1. The van der Waals surface area contributed by atoms with Crippen molar-refractivity contribution in [1.29, 1.82) is 0 Å². The monoisotopic (exact) mass is 368 g/mol. The fraction of sp³-hybridized carbons (Fsp3) is 0.316. The Balaban J connectivity index is 1.46. The molecule has 3 aromatic rings. The zero-order valence-electron chi connectivity index (χ0n) is 14.5. The van der Waals surface area contributed by atoms with Crippen molar-refractivity contribution >= 4 is 39.7 Å². The van der Waals surface area contributed by atoms with Gasteiger partial charge in [-0.15, -0.1) is 11.3 Å². The van der Waals surface area contributed by atoms with E-state index in [4.69, 9.17) is 0 Å². The van der Waals surface area contributed by atoms with Crippen LogP contribution in [0.2, 0.25) is 0 Å². The van der Waals surface area contributed by atoms with Crippen LogP contribution >= 0.6 is 11.3 Å². The number of benzene rings is 1. The molecule has 7 heteroatoms. The molecule has 0 saturated carbocycles. The molecule has 0 radical (unpaired) electrons. The maximum Gasteiger partial charge on any atom is 0.247 e. The van der Waals surface area contributed by atoms with E-state index in [2.05, 4.69) is 15.5 Å². The van der Waals surface area contributed by atoms with E-state index in [1.165, 1.54) is 0 Å². The fourth-order valence-corrected chi connectivity index (χ4v) is 4.15. The summed E-state index contributed by atoms with van der Waals surface area (Å²) in [6, 6.07) is 9.15. The van der Waals surface area contributed by atoms with Gasteiger partial charge in [0.05, 0.1) is 11.9 Å². The van der Waals surface area contributed by atoms with Crippen molar-refractivity contribution in [1.82, 2.24) is 15.1 Å². The Hall–Kier alpha value is -2.67. The van der Waals surface area contributed by atoms with E-state index in [9.17, 15) is 9.59 Å². The first kappa shape index (κ1) is 16.8. The molecule has 3 heterocycles. The summed E-state index contributed by atoms with van der Waals surface area (Å²) in [7, 11) is 0. The summed E-state index contributed by atoms with van der Waals surface area (Å²) in [5.74, 6) is -0.114. The van der Waals surface area contributed by atoms with Gasteiger partial charge in [-0.25, -0.2) is 0 Å². The Labute approximate surface area is 155 Å². The van der Waals surface area contributed by atoms with E-state index in [1.54, 1.807) is 16.2 Å². The number of carbonyl (C=O) groups is 2. The number of rotatable bonds is 4. The van der Waals surface area contributed by atoms with Crippen molar-refractivity contribution in [2.24, 2.45) is 0 Å². The minimum absolute atomic E-state index is 0.0171. The summed E-state index contributed by atoms with van der Waals surface area (Å²) in [6.45, 7) is 2.60. The number of anilines is 1. The van der Waals surface area contributed by atoms with Crippen LogP contribution in [-0.2, 0) is 16.0 Å². The van der Waals surface area contributed by atoms with Crippen LogP contribution in [0.5, 0.6) is 0 Å². The van der Waals surface area contributed by atoms with Crippen molar-refractivity contribution in [2.75, 3.05) is 11.9 Å². The quantitative estimate of drug-likeness (QED) is 0.743. The molecule has 1 unspecified atom stereocenters. The maximum atomic E-state index is 12.7. The van der Waals surface area contributed by atoms with E-state index in [1.807, 2.05) is 42.6 Å². The number of fused-ring (bicyclic) bond motifs is 1. The smallest absolute Gasteiger partial charge is 0.247 e. The van der Waals surface area contributed by atoms with E-state index in [-0.39, 0.29) is 11.8 Å². The summed E-state index contributed by atoms with van der Waals surface area (Å²) >= 11 is 1.57. The van der Waals surface area contributed by atoms with Crippen LogP contribution in [0, 0.1) is 6.92 Å². The van der Waals surface area contributed by atoms with Gasteiger partial charge in [-0.2, -0.15) is 5.10 Å². The summed E-state index contributed by atoms with van der Waals surface area (Å²) < 4.78 is 0. The van der Waals surface area contributed by atoms with Gasteiger partial charge in [0.1, 0.15) is 6.04 Å². The van der Waals surface area contributed by atoms with Crippen molar-refractivity contribution in [2.45, 2.75) is 32.2 Å². The van der Waals surface area contributed by atoms with Crippen LogP contribution in [0.25, 0.3) is 10.9 Å². The van der Waals surface area contributed by atoms with Gasteiger partial charge in [-0.3, -0.25) is 14.7 Å². The van der Waals surface area contributed by atoms with Gasteiger partial charge in [0, 0.05) is 28.2 Å². The summed E-state index contributed by atoms with van der Waals surface area (Å²) in [5, 5.41) is 13.1. The number of H-pyrrole nitrogens is 1. The van der Waals surface area contributed by atoms with Crippen LogP contribution in [0.4, 0.5) is 5.69 Å². The van der Waals surface area contributed by atoms with Crippen LogP contribution in [-0.4, -0.2) is 39.5 Å². The normalized spacial score (nSPS) is 17.0. The van der Waals surface area contributed by atoms with Gasteiger partial charge in [0.2, 0.25) is 11.8 Å². The molecule has 1 fully saturated rings. The molecule has 2 amide bonds. The van der Waals surface area contributed by atoms with Gasteiger partial charge < -0.3 is 10.2 Å². The highest BCUT2D eigenvalue weighted by atomic mass is 32.1. The molecule has 134 valence electrons. The SMILES string of the molecule is Cc1[nH]nc2cc(NC(=O)C3CCCN3C(=O)Cc3cccs3)ccc12.